The van der Waals surface area contributed by atoms with E-state index in [0.717, 1.165) is 32.2 Å². The zero-order chi connectivity index (χ0) is 17.6. The number of rotatable bonds is 2. The molecule has 0 spiro atoms. The van der Waals surface area contributed by atoms with Gasteiger partial charge in [-0.3, -0.25) is 9.59 Å². The van der Waals surface area contributed by atoms with Gasteiger partial charge >= 0.3 is 0 Å². The molecule has 0 atom stereocenters. The van der Waals surface area contributed by atoms with Crippen LogP contribution in [0.4, 0.5) is 0 Å². The number of piperidine rings is 1. The lowest BCUT2D eigenvalue weighted by atomic mass is 9.96. The molecule has 2 amide bonds. The van der Waals surface area contributed by atoms with Gasteiger partial charge in [0.2, 0.25) is 5.91 Å². The van der Waals surface area contributed by atoms with Crippen LogP contribution in [0.15, 0.2) is 24.3 Å². The summed E-state index contributed by atoms with van der Waals surface area (Å²) in [5.41, 5.74) is 8.69. The van der Waals surface area contributed by atoms with Crippen LogP contribution >= 0.6 is 11.3 Å². The lowest BCUT2D eigenvalue weighted by molar-refractivity contribution is -0.123. The van der Waals surface area contributed by atoms with Crippen LogP contribution in [-0.4, -0.2) is 29.8 Å². The quantitative estimate of drug-likeness (QED) is 0.899. The summed E-state index contributed by atoms with van der Waals surface area (Å²) in [6.45, 7) is 3.73. The van der Waals surface area contributed by atoms with E-state index in [2.05, 4.69) is 13.0 Å². The maximum absolute atomic E-state index is 12.9. The molecular weight excluding hydrogens is 336 g/mol. The lowest BCUT2D eigenvalue weighted by Gasteiger charge is -2.30. The molecule has 6 heteroatoms. The minimum Gasteiger partial charge on any atom is -0.488 e. The molecule has 2 N–H and O–H groups in total. The zero-order valence-electron chi connectivity index (χ0n) is 14.1. The molecule has 2 aliphatic rings. The third-order valence-corrected chi connectivity index (χ3v) is 6.23. The third-order valence-electron chi connectivity index (χ3n) is 5.05. The number of thiophene rings is 1. The number of likely N-dealkylation sites (tertiary alicyclic amines) is 1. The number of hydrogen-bond donors (Lipinski definition) is 1. The molecule has 4 rings (SSSR count). The van der Waals surface area contributed by atoms with Crippen LogP contribution in [0.5, 0.6) is 5.75 Å². The van der Waals surface area contributed by atoms with Crippen LogP contribution < -0.4 is 10.5 Å². The molecule has 130 valence electrons. The highest BCUT2D eigenvalue weighted by molar-refractivity contribution is 7.17. The van der Waals surface area contributed by atoms with Gasteiger partial charge in [0.15, 0.2) is 0 Å². The van der Waals surface area contributed by atoms with Gasteiger partial charge in [-0.15, -0.1) is 11.3 Å². The molecule has 0 radical (unpaired) electrons. The Bertz CT molecular complexity index is 850. The summed E-state index contributed by atoms with van der Waals surface area (Å²) < 4.78 is 5.84. The van der Waals surface area contributed by atoms with Crippen LogP contribution in [0.3, 0.4) is 0 Å². The average molecular weight is 356 g/mol. The fourth-order valence-corrected chi connectivity index (χ4v) is 4.83. The number of aryl methyl sites for hydroxylation is 1. The molecule has 0 aliphatic carbocycles. The Morgan fingerprint density at radius 3 is 2.76 bits per heavy atom. The predicted octanol–water partition coefficient (Wildman–Crippen LogP) is 2.95. The molecule has 0 bridgehead atoms. The number of carbonyl (C=O) groups is 2. The summed E-state index contributed by atoms with van der Waals surface area (Å²) in [5.74, 6) is 0.555. The highest BCUT2D eigenvalue weighted by Crippen LogP contribution is 2.44. The maximum Gasteiger partial charge on any atom is 0.263 e. The van der Waals surface area contributed by atoms with Crippen molar-refractivity contribution >= 4 is 23.2 Å². The van der Waals surface area contributed by atoms with Crippen molar-refractivity contribution in [2.75, 3.05) is 13.1 Å². The monoisotopic (exact) mass is 356 g/mol. The van der Waals surface area contributed by atoms with Crippen molar-refractivity contribution in [3.63, 3.8) is 0 Å². The molecule has 1 aromatic carbocycles. The molecular formula is C19H20N2O3S. The SMILES string of the molecule is Cc1cccc2c1-c1sc(C(=O)N3CCC(C(N)=O)CC3)cc1CO2. The van der Waals surface area contributed by atoms with Gasteiger partial charge in [0.25, 0.3) is 5.91 Å². The van der Waals surface area contributed by atoms with Gasteiger partial charge in [0.05, 0.1) is 4.88 Å². The fraction of sp³-hybridized carbons (Fsp3) is 0.368. The molecule has 25 heavy (non-hydrogen) atoms. The second-order valence-electron chi connectivity index (χ2n) is 6.67. The maximum atomic E-state index is 12.9. The van der Waals surface area contributed by atoms with Crippen molar-refractivity contribution in [2.45, 2.75) is 26.4 Å². The Labute approximate surface area is 150 Å². The van der Waals surface area contributed by atoms with E-state index < -0.39 is 0 Å². The van der Waals surface area contributed by atoms with E-state index in [1.54, 1.807) is 0 Å². The van der Waals surface area contributed by atoms with Crippen LogP contribution in [-0.2, 0) is 11.4 Å². The van der Waals surface area contributed by atoms with Gasteiger partial charge in [-0.1, -0.05) is 12.1 Å². The van der Waals surface area contributed by atoms with Crippen molar-refractivity contribution in [1.29, 1.82) is 0 Å². The van der Waals surface area contributed by atoms with Gasteiger partial charge in [0.1, 0.15) is 12.4 Å². The first-order chi connectivity index (χ1) is 12.0. The van der Waals surface area contributed by atoms with E-state index in [1.807, 2.05) is 23.1 Å². The second-order valence-corrected chi connectivity index (χ2v) is 7.72. The number of nitrogens with two attached hydrogens (primary N) is 1. The van der Waals surface area contributed by atoms with E-state index in [-0.39, 0.29) is 17.7 Å². The standard InChI is InChI=1S/C19H20N2O3S/c1-11-3-2-4-14-16(11)17-13(10-24-14)9-15(25-17)19(23)21-7-5-12(6-8-21)18(20)22/h2-4,9,12H,5-8,10H2,1H3,(H2,20,22). The van der Waals surface area contributed by atoms with Gasteiger partial charge < -0.3 is 15.4 Å². The van der Waals surface area contributed by atoms with Crippen molar-refractivity contribution in [3.05, 3.63) is 40.3 Å². The van der Waals surface area contributed by atoms with Crippen molar-refractivity contribution in [1.82, 2.24) is 4.90 Å². The topological polar surface area (TPSA) is 72.6 Å². The summed E-state index contributed by atoms with van der Waals surface area (Å²) in [7, 11) is 0. The highest BCUT2D eigenvalue weighted by atomic mass is 32.1. The number of nitrogens with zero attached hydrogens (tertiary/aromatic N) is 1. The summed E-state index contributed by atoms with van der Waals surface area (Å²) in [6, 6.07) is 7.98. The summed E-state index contributed by atoms with van der Waals surface area (Å²) >= 11 is 1.54. The first-order valence-electron chi connectivity index (χ1n) is 8.48. The fourth-order valence-electron chi connectivity index (χ4n) is 3.58. The molecule has 1 aromatic heterocycles. The Balaban J connectivity index is 1.59. The number of benzene rings is 1. The number of primary amides is 1. The number of amides is 2. The first-order valence-corrected chi connectivity index (χ1v) is 9.30. The number of hydrogen-bond acceptors (Lipinski definition) is 4. The first kappa shape index (κ1) is 16.1. The molecule has 1 fully saturated rings. The van der Waals surface area contributed by atoms with E-state index in [4.69, 9.17) is 10.5 Å². The number of ether oxygens (including phenoxy) is 1. The number of carbonyl (C=O) groups excluding carboxylic acids is 2. The van der Waals surface area contributed by atoms with E-state index in [0.29, 0.717) is 32.5 Å². The highest BCUT2D eigenvalue weighted by Gasteiger charge is 2.29. The Hall–Kier alpha value is -2.34. The lowest BCUT2D eigenvalue weighted by Crippen LogP contribution is -2.41. The van der Waals surface area contributed by atoms with E-state index in [1.165, 1.54) is 11.3 Å². The van der Waals surface area contributed by atoms with E-state index >= 15 is 0 Å². The molecule has 0 unspecified atom stereocenters. The molecule has 5 nitrogen and oxygen atoms in total. The van der Waals surface area contributed by atoms with Gasteiger partial charge in [-0.25, -0.2) is 0 Å². The normalized spacial score (nSPS) is 16.8. The van der Waals surface area contributed by atoms with E-state index in [9.17, 15) is 9.59 Å². The van der Waals surface area contributed by atoms with Crippen molar-refractivity contribution in [3.8, 4) is 16.2 Å². The molecule has 1 saturated heterocycles. The Kier molecular flexibility index (Phi) is 4.00. The van der Waals surface area contributed by atoms with Crippen molar-refractivity contribution < 1.29 is 14.3 Å². The Morgan fingerprint density at radius 1 is 1.28 bits per heavy atom. The number of fused-ring (bicyclic) bond motifs is 3. The van der Waals surface area contributed by atoms with Crippen LogP contribution in [0.2, 0.25) is 0 Å². The summed E-state index contributed by atoms with van der Waals surface area (Å²) in [6.07, 6.45) is 1.30. The minimum atomic E-state index is -0.261. The van der Waals surface area contributed by atoms with Crippen molar-refractivity contribution in [2.24, 2.45) is 11.7 Å². The van der Waals surface area contributed by atoms with Gasteiger partial charge in [-0.2, -0.15) is 0 Å². The minimum absolute atomic E-state index is 0.0393. The van der Waals surface area contributed by atoms with Crippen LogP contribution in [0.1, 0.15) is 33.6 Å². The molecule has 3 heterocycles. The van der Waals surface area contributed by atoms with Crippen LogP contribution in [0, 0.1) is 12.8 Å². The predicted molar refractivity (Wildman–Crippen MR) is 96.6 cm³/mol. The molecule has 0 saturated carbocycles. The van der Waals surface area contributed by atoms with Crippen LogP contribution in [0.25, 0.3) is 10.4 Å². The molecule has 2 aliphatic heterocycles. The largest absolute Gasteiger partial charge is 0.488 e. The third kappa shape index (κ3) is 2.80. The summed E-state index contributed by atoms with van der Waals surface area (Å²) in [5, 5.41) is 0. The smallest absolute Gasteiger partial charge is 0.263 e. The average Bonchev–Trinajstić information content (AvgIpc) is 3.05. The Morgan fingerprint density at radius 2 is 2.04 bits per heavy atom. The van der Waals surface area contributed by atoms with Gasteiger partial charge in [-0.05, 0) is 37.5 Å². The summed E-state index contributed by atoms with van der Waals surface area (Å²) in [4.78, 5) is 27.9. The zero-order valence-corrected chi connectivity index (χ0v) is 14.9. The molecule has 2 aromatic rings. The van der Waals surface area contributed by atoms with Gasteiger partial charge in [0, 0.05) is 35.0 Å². The second kappa shape index (κ2) is 6.19.